The second kappa shape index (κ2) is 38.4. The van der Waals surface area contributed by atoms with Crippen LogP contribution in [0.5, 0.6) is 0 Å². The molecule has 0 spiro atoms. The summed E-state index contributed by atoms with van der Waals surface area (Å²) in [4.78, 5) is 186. The molecule has 2 heterocycles. The van der Waals surface area contributed by atoms with Gasteiger partial charge < -0.3 is 99.5 Å². The SMILES string of the molecule is C[C@@H](O)[C@H](NC(=O)CNC(=O)[C@H](CCC(=O)O)NC(=O)C(C)(C)NC(=O)[C@@H](N)Cc1c[nH]cn1)C(=O)N[C@@H](Cc1c[nH]c2ccccc12)C(=O)N[C@H](C(=O)N[C@@H](CO)C(=O)N[C@@H](CC(=O)O)C(=O)N[C@@H](Cc1ccc(-c2ccccc2)cc1)C(=O)N[C@@H](Cc1ccc(-c2ccccc2)cc1)C(=O)O)[C@@H](C)O. The van der Waals surface area contributed by atoms with E-state index in [0.29, 0.717) is 33.3 Å². The number of aromatic amines is 2. The van der Waals surface area contributed by atoms with Crippen molar-refractivity contribution in [3.05, 3.63) is 175 Å². The van der Waals surface area contributed by atoms with Gasteiger partial charge in [-0.2, -0.15) is 0 Å². The van der Waals surface area contributed by atoms with Gasteiger partial charge in [-0.15, -0.1) is 0 Å². The maximum Gasteiger partial charge on any atom is 0.326 e. The number of rotatable bonds is 39. The van der Waals surface area contributed by atoms with Crippen LogP contribution in [0.1, 0.15) is 69.3 Å². The predicted molar refractivity (Wildman–Crippen MR) is 381 cm³/mol. The Morgan fingerprint density at radius 2 is 0.972 bits per heavy atom. The molecule has 33 nitrogen and oxygen atoms in total. The first kappa shape index (κ1) is 81.1. The fourth-order valence-corrected chi connectivity index (χ4v) is 11.1. The fourth-order valence-electron chi connectivity index (χ4n) is 11.1. The summed E-state index contributed by atoms with van der Waals surface area (Å²) >= 11 is 0. The maximum absolute atomic E-state index is 14.6. The number of para-hydroxylation sites is 1. The Bertz CT molecular complexity index is 4230. The molecule has 33 heteroatoms. The van der Waals surface area contributed by atoms with Crippen LogP contribution in [0.3, 0.4) is 0 Å². The van der Waals surface area contributed by atoms with Gasteiger partial charge in [0.1, 0.15) is 53.9 Å². The quantitative estimate of drug-likeness (QED) is 0.0217. The van der Waals surface area contributed by atoms with Crippen molar-refractivity contribution in [2.75, 3.05) is 13.2 Å². The molecule has 0 saturated carbocycles. The van der Waals surface area contributed by atoms with Gasteiger partial charge in [-0.25, -0.2) is 9.78 Å². The summed E-state index contributed by atoms with van der Waals surface area (Å²) in [7, 11) is 0. The molecule has 0 aliphatic rings. The molecule has 20 N–H and O–H groups in total. The number of carbonyl (C=O) groups excluding carboxylic acids is 10. The zero-order valence-electron chi connectivity index (χ0n) is 58.2. The number of aromatic nitrogens is 3. The molecule has 0 bridgehead atoms. The van der Waals surface area contributed by atoms with Crippen LogP contribution < -0.4 is 58.9 Å². The molecule has 0 fully saturated rings. The number of amides is 10. The van der Waals surface area contributed by atoms with Crippen molar-refractivity contribution in [2.24, 2.45) is 5.73 Å². The van der Waals surface area contributed by atoms with Crippen molar-refractivity contribution < 1.29 is 93.0 Å². The Labute approximate surface area is 607 Å². The molecule has 2 aromatic heterocycles. The summed E-state index contributed by atoms with van der Waals surface area (Å²) in [6.07, 6.45) is -2.41. The Kier molecular flexibility index (Phi) is 29.3. The summed E-state index contributed by atoms with van der Waals surface area (Å²) in [5.41, 5.74) is 10.1. The third-order valence-corrected chi connectivity index (χ3v) is 17.0. The number of aliphatic hydroxyl groups is 3. The molecular weight excluding hydrogens is 1380 g/mol. The molecule has 106 heavy (non-hydrogen) atoms. The molecule has 0 aliphatic carbocycles. The van der Waals surface area contributed by atoms with E-state index in [1.807, 2.05) is 60.7 Å². The van der Waals surface area contributed by atoms with Crippen LogP contribution in [0.15, 0.2) is 152 Å². The molecule has 5 aromatic carbocycles. The van der Waals surface area contributed by atoms with Gasteiger partial charge in [0.25, 0.3) is 0 Å². The minimum absolute atomic E-state index is 0.00384. The van der Waals surface area contributed by atoms with E-state index in [-0.39, 0.29) is 19.3 Å². The number of aliphatic hydroxyl groups excluding tert-OH is 3. The number of carboxylic acid groups (broad SMARTS) is 3. The molecule has 0 unspecified atom stereocenters. The minimum atomic E-state index is -2.07. The van der Waals surface area contributed by atoms with Crippen molar-refractivity contribution >= 4 is 87.9 Å². The monoisotopic (exact) mass is 1460 g/mol. The van der Waals surface area contributed by atoms with Crippen molar-refractivity contribution in [1.82, 2.24) is 68.1 Å². The number of H-pyrrole nitrogens is 2. The molecule has 7 rings (SSSR count). The van der Waals surface area contributed by atoms with E-state index in [4.69, 9.17) is 5.73 Å². The van der Waals surface area contributed by atoms with E-state index in [1.54, 1.807) is 72.8 Å². The van der Waals surface area contributed by atoms with Crippen LogP contribution in [0.4, 0.5) is 0 Å². The Morgan fingerprint density at radius 3 is 1.51 bits per heavy atom. The highest BCUT2D eigenvalue weighted by molar-refractivity contribution is 6.00. The summed E-state index contributed by atoms with van der Waals surface area (Å²) in [5.74, 6) is -15.8. The average Bonchev–Trinajstić information content (AvgIpc) is 1.75. The van der Waals surface area contributed by atoms with Crippen molar-refractivity contribution in [2.45, 2.75) is 145 Å². The first-order valence-electron chi connectivity index (χ1n) is 33.6. The lowest BCUT2D eigenvalue weighted by atomic mass is 9.98. The topological polar surface area (TPSA) is 534 Å². The van der Waals surface area contributed by atoms with E-state index < -0.39 is 188 Å². The van der Waals surface area contributed by atoms with Crippen LogP contribution in [0.2, 0.25) is 0 Å². The first-order chi connectivity index (χ1) is 50.4. The van der Waals surface area contributed by atoms with Crippen LogP contribution in [-0.4, -0.2) is 208 Å². The summed E-state index contributed by atoms with van der Waals surface area (Å²) < 4.78 is 0. The van der Waals surface area contributed by atoms with Gasteiger partial charge in [0, 0.05) is 55.4 Å². The molecule has 11 atom stereocenters. The van der Waals surface area contributed by atoms with Crippen molar-refractivity contribution in [1.29, 1.82) is 0 Å². The summed E-state index contributed by atoms with van der Waals surface area (Å²) in [6, 6.07) is 23.3. The van der Waals surface area contributed by atoms with Crippen LogP contribution in [0.25, 0.3) is 33.2 Å². The lowest BCUT2D eigenvalue weighted by Crippen LogP contribution is -2.63. The average molecular weight is 1460 g/mol. The number of hydrogen-bond acceptors (Lipinski definition) is 18. The highest BCUT2D eigenvalue weighted by atomic mass is 16.4. The van der Waals surface area contributed by atoms with Gasteiger partial charge in [-0.05, 0) is 79.1 Å². The van der Waals surface area contributed by atoms with Crippen molar-refractivity contribution in [3.8, 4) is 22.3 Å². The highest BCUT2D eigenvalue weighted by Crippen LogP contribution is 2.23. The first-order valence-corrected chi connectivity index (χ1v) is 33.6. The number of imidazole rings is 1. The van der Waals surface area contributed by atoms with E-state index in [9.17, 15) is 93.0 Å². The predicted octanol–water partition coefficient (Wildman–Crippen LogP) is -1.11. The number of carboxylic acids is 3. The third-order valence-electron chi connectivity index (χ3n) is 17.0. The number of benzene rings is 5. The van der Waals surface area contributed by atoms with Crippen LogP contribution in [-0.2, 0) is 88.0 Å². The van der Waals surface area contributed by atoms with Gasteiger partial charge in [0.15, 0.2) is 0 Å². The van der Waals surface area contributed by atoms with Crippen LogP contribution >= 0.6 is 0 Å². The molecule has 562 valence electrons. The number of nitrogens with zero attached hydrogens (tertiary/aromatic N) is 1. The number of carbonyl (C=O) groups is 13. The summed E-state index contributed by atoms with van der Waals surface area (Å²) in [5, 5.41) is 86.2. The van der Waals surface area contributed by atoms with Gasteiger partial charge >= 0.3 is 17.9 Å². The standard InChI is InChI=1S/C73H86N14O19/c1-39(89)61(85-58(91)36-77-64(97)52(27-28-59(92)93)84-72(106)73(3,4)87-63(96)50(74)32-48-35-75-38-78-48)69(102)81-54(31-47-34-76-51-18-12-11-17-49(47)51)67(100)86-62(40(2)90)70(103)83-57(37-88)68(101)80-55(33-60(94)95)66(99)79-53(29-41-19-23-45(24-20-41)43-13-7-5-8-14-43)65(98)82-56(71(104)105)30-42-21-25-46(26-22-42)44-15-9-6-10-16-44/h5-26,34-35,38-40,50,52-57,61-62,76,88-90H,27-33,36-37,74H2,1-4H3,(H,75,78)(H,77,97)(H,79,99)(H,80,101)(H,81,102)(H,82,98)(H,83,103)(H,84,106)(H,85,91)(H,86,100)(H,87,96)(H,92,93)(H,94,95)(H,104,105)/t39-,40-,50+,52+,53+,54+,55+,56+,57+,61+,62+/m1/s1. The third kappa shape index (κ3) is 23.9. The number of nitrogens with one attached hydrogen (secondary N) is 12. The van der Waals surface area contributed by atoms with Gasteiger partial charge in [-0.3, -0.25) is 57.5 Å². The largest absolute Gasteiger partial charge is 0.481 e. The minimum Gasteiger partial charge on any atom is -0.481 e. The number of hydrogen-bond donors (Lipinski definition) is 19. The zero-order chi connectivity index (χ0) is 77.4. The maximum atomic E-state index is 14.6. The van der Waals surface area contributed by atoms with E-state index in [1.165, 1.54) is 32.6 Å². The molecule has 0 aliphatic heterocycles. The van der Waals surface area contributed by atoms with Crippen LogP contribution in [0, 0.1) is 0 Å². The lowest BCUT2D eigenvalue weighted by molar-refractivity contribution is -0.143. The Hall–Kier alpha value is -12.2. The number of aliphatic carboxylic acids is 3. The number of nitrogens with two attached hydrogens (primary N) is 1. The lowest BCUT2D eigenvalue weighted by Gasteiger charge is -2.29. The fraction of sp³-hybridized carbons (Fsp3) is 0.342. The highest BCUT2D eigenvalue weighted by Gasteiger charge is 2.39. The van der Waals surface area contributed by atoms with E-state index in [0.717, 1.165) is 36.1 Å². The molecule has 10 amide bonds. The normalized spacial score (nSPS) is 14.4. The number of fused-ring (bicyclic) bond motifs is 1. The second-order valence-corrected chi connectivity index (χ2v) is 25.7. The zero-order valence-corrected chi connectivity index (χ0v) is 58.2. The van der Waals surface area contributed by atoms with Crippen molar-refractivity contribution in [3.63, 3.8) is 0 Å². The van der Waals surface area contributed by atoms with Gasteiger partial charge in [0.05, 0.1) is 49.8 Å². The summed E-state index contributed by atoms with van der Waals surface area (Å²) in [6.45, 7) is 2.52. The molecule has 0 saturated heterocycles. The second-order valence-electron chi connectivity index (χ2n) is 25.7. The van der Waals surface area contributed by atoms with Gasteiger partial charge in [-0.1, -0.05) is 127 Å². The molecular formula is C73H86N14O19. The molecule has 0 radical (unpaired) electrons. The van der Waals surface area contributed by atoms with E-state index in [2.05, 4.69) is 68.1 Å². The van der Waals surface area contributed by atoms with Gasteiger partial charge in [0.2, 0.25) is 59.1 Å². The smallest absolute Gasteiger partial charge is 0.326 e. The molecule has 7 aromatic rings. The Morgan fingerprint density at radius 1 is 0.491 bits per heavy atom. The Balaban J connectivity index is 1.03. The van der Waals surface area contributed by atoms with E-state index >= 15 is 0 Å².